The molecule has 0 bridgehead atoms. The van der Waals surface area contributed by atoms with E-state index in [0.717, 1.165) is 0 Å². The summed E-state index contributed by atoms with van der Waals surface area (Å²) in [4.78, 5) is 0. The van der Waals surface area contributed by atoms with E-state index >= 15 is 0 Å². The summed E-state index contributed by atoms with van der Waals surface area (Å²) in [5.41, 5.74) is 0.00642. The van der Waals surface area contributed by atoms with Crippen LogP contribution in [-0.2, 0) is 14.8 Å². The first-order valence-corrected chi connectivity index (χ1v) is 7.44. The summed E-state index contributed by atoms with van der Waals surface area (Å²) < 4.78 is 30.8. The van der Waals surface area contributed by atoms with Crippen LogP contribution < -0.4 is 4.72 Å². The second kappa shape index (κ2) is 6.79. The van der Waals surface area contributed by atoms with Gasteiger partial charge in [0.15, 0.2) is 0 Å². The van der Waals surface area contributed by atoms with Gasteiger partial charge in [-0.05, 0) is 11.8 Å². The van der Waals surface area contributed by atoms with Gasteiger partial charge in [-0.2, -0.15) is 0 Å². The molecule has 1 unspecified atom stereocenters. The van der Waals surface area contributed by atoms with Gasteiger partial charge in [0, 0.05) is 13.0 Å². The van der Waals surface area contributed by atoms with Gasteiger partial charge in [0.2, 0.25) is 10.0 Å². The van der Waals surface area contributed by atoms with Crippen LogP contribution in [0.4, 0.5) is 0 Å². The smallest absolute Gasteiger partial charge is 0.211 e. The standard InChI is InChI=1S/C10H22ClNO3S/c1-10(2,3)5-6-16(13,14)12-9(7-11)8-15-4/h9,12H,5-8H2,1-4H3. The maximum Gasteiger partial charge on any atom is 0.211 e. The fourth-order valence-corrected chi connectivity index (χ4v) is 2.98. The van der Waals surface area contributed by atoms with E-state index in [-0.39, 0.29) is 29.7 Å². The maximum atomic E-state index is 11.7. The van der Waals surface area contributed by atoms with Gasteiger partial charge in [-0.1, -0.05) is 20.8 Å². The maximum absolute atomic E-state index is 11.7. The second-order valence-corrected chi connectivity index (χ2v) is 7.24. The average Bonchev–Trinajstić information content (AvgIpc) is 2.13. The Labute approximate surface area is 104 Å². The van der Waals surface area contributed by atoms with Gasteiger partial charge in [-0.25, -0.2) is 13.1 Å². The molecule has 4 nitrogen and oxygen atoms in total. The van der Waals surface area contributed by atoms with Gasteiger partial charge in [-0.3, -0.25) is 0 Å². The predicted molar refractivity (Wildman–Crippen MR) is 67.4 cm³/mol. The Morgan fingerprint density at radius 3 is 2.31 bits per heavy atom. The van der Waals surface area contributed by atoms with Crippen LogP contribution in [0.1, 0.15) is 27.2 Å². The zero-order valence-electron chi connectivity index (χ0n) is 10.4. The van der Waals surface area contributed by atoms with E-state index in [9.17, 15) is 8.42 Å². The van der Waals surface area contributed by atoms with Crippen LogP contribution >= 0.6 is 11.6 Å². The van der Waals surface area contributed by atoms with Gasteiger partial charge in [0.1, 0.15) is 0 Å². The van der Waals surface area contributed by atoms with Crippen molar-refractivity contribution < 1.29 is 13.2 Å². The summed E-state index contributed by atoms with van der Waals surface area (Å²) in [7, 11) is -1.75. The quantitative estimate of drug-likeness (QED) is 0.716. The molecule has 98 valence electrons. The first-order valence-electron chi connectivity index (χ1n) is 5.25. The Balaban J connectivity index is 4.23. The highest BCUT2D eigenvalue weighted by Gasteiger charge is 2.20. The predicted octanol–water partition coefficient (Wildman–Crippen LogP) is 1.60. The number of nitrogens with one attached hydrogen (secondary N) is 1. The van der Waals surface area contributed by atoms with E-state index in [1.807, 2.05) is 20.8 Å². The summed E-state index contributed by atoms with van der Waals surface area (Å²) in [5, 5.41) is 0. The van der Waals surface area contributed by atoms with E-state index in [1.165, 1.54) is 7.11 Å². The number of alkyl halides is 1. The van der Waals surface area contributed by atoms with Crippen LogP contribution in [0.2, 0.25) is 0 Å². The van der Waals surface area contributed by atoms with Gasteiger partial charge in [-0.15, -0.1) is 11.6 Å². The van der Waals surface area contributed by atoms with Crippen LogP contribution in [0.25, 0.3) is 0 Å². The van der Waals surface area contributed by atoms with Gasteiger partial charge in [0.25, 0.3) is 0 Å². The molecule has 0 saturated carbocycles. The van der Waals surface area contributed by atoms with E-state index in [1.54, 1.807) is 0 Å². The molecule has 0 fully saturated rings. The van der Waals surface area contributed by atoms with Crippen molar-refractivity contribution in [3.8, 4) is 0 Å². The first kappa shape index (κ1) is 16.2. The normalized spacial score (nSPS) is 15.1. The summed E-state index contributed by atoms with van der Waals surface area (Å²) in [6.45, 7) is 6.32. The molecule has 0 heterocycles. The Morgan fingerprint density at radius 2 is 1.94 bits per heavy atom. The summed E-state index contributed by atoms with van der Waals surface area (Å²) in [6.07, 6.45) is 0.615. The molecule has 0 amide bonds. The number of hydrogen-bond acceptors (Lipinski definition) is 3. The Morgan fingerprint density at radius 1 is 1.38 bits per heavy atom. The SMILES string of the molecule is COCC(CCl)NS(=O)(=O)CCC(C)(C)C. The lowest BCUT2D eigenvalue weighted by atomic mass is 9.94. The minimum atomic E-state index is -3.26. The number of rotatable bonds is 7. The molecule has 0 radical (unpaired) electrons. The van der Waals surface area contributed by atoms with E-state index in [0.29, 0.717) is 6.42 Å². The summed E-state index contributed by atoms with van der Waals surface area (Å²) in [6, 6.07) is -0.350. The average molecular weight is 272 g/mol. The molecule has 0 saturated heterocycles. The van der Waals surface area contributed by atoms with Crippen molar-refractivity contribution in [2.24, 2.45) is 5.41 Å². The molecular weight excluding hydrogens is 250 g/mol. The lowest BCUT2D eigenvalue weighted by Crippen LogP contribution is -2.41. The molecular formula is C10H22ClNO3S. The number of hydrogen-bond donors (Lipinski definition) is 1. The molecule has 16 heavy (non-hydrogen) atoms. The monoisotopic (exact) mass is 271 g/mol. The van der Waals surface area contributed by atoms with Crippen molar-refractivity contribution in [2.45, 2.75) is 33.2 Å². The largest absolute Gasteiger partial charge is 0.383 e. The van der Waals surface area contributed by atoms with Crippen LogP contribution in [0.5, 0.6) is 0 Å². The molecule has 0 spiro atoms. The Kier molecular flexibility index (Phi) is 6.86. The number of sulfonamides is 1. The highest BCUT2D eigenvalue weighted by molar-refractivity contribution is 7.89. The molecule has 0 aliphatic rings. The van der Waals surface area contributed by atoms with Crippen molar-refractivity contribution in [1.29, 1.82) is 0 Å². The van der Waals surface area contributed by atoms with Crippen LogP contribution in [0, 0.1) is 5.41 Å². The molecule has 1 N–H and O–H groups in total. The fraction of sp³-hybridized carbons (Fsp3) is 1.00. The third-order valence-corrected chi connectivity index (χ3v) is 3.83. The Bertz CT molecular complexity index is 285. The molecule has 6 heteroatoms. The van der Waals surface area contributed by atoms with E-state index in [4.69, 9.17) is 16.3 Å². The third kappa shape index (κ3) is 8.33. The Hall–Kier alpha value is 0.160. The molecule has 0 aliphatic heterocycles. The van der Waals surface area contributed by atoms with E-state index < -0.39 is 10.0 Å². The fourth-order valence-electron chi connectivity index (χ4n) is 1.06. The number of methoxy groups -OCH3 is 1. The van der Waals surface area contributed by atoms with Crippen molar-refractivity contribution in [3.63, 3.8) is 0 Å². The summed E-state index contributed by atoms with van der Waals surface area (Å²) in [5.74, 6) is 0.330. The third-order valence-electron chi connectivity index (χ3n) is 2.02. The van der Waals surface area contributed by atoms with E-state index in [2.05, 4.69) is 4.72 Å². The minimum absolute atomic E-state index is 0.00642. The molecule has 0 aromatic carbocycles. The molecule has 0 rings (SSSR count). The highest BCUT2D eigenvalue weighted by atomic mass is 35.5. The zero-order chi connectivity index (χ0) is 12.8. The van der Waals surface area contributed by atoms with Crippen molar-refractivity contribution in [3.05, 3.63) is 0 Å². The van der Waals surface area contributed by atoms with Crippen molar-refractivity contribution in [2.75, 3.05) is 25.3 Å². The van der Waals surface area contributed by atoms with Crippen molar-refractivity contribution in [1.82, 2.24) is 4.72 Å². The molecule has 0 aromatic rings. The topological polar surface area (TPSA) is 55.4 Å². The zero-order valence-corrected chi connectivity index (χ0v) is 12.0. The van der Waals surface area contributed by atoms with Crippen LogP contribution in [-0.4, -0.2) is 39.8 Å². The van der Waals surface area contributed by atoms with Gasteiger partial charge in [0.05, 0.1) is 18.4 Å². The second-order valence-electron chi connectivity index (χ2n) is 5.05. The lowest BCUT2D eigenvalue weighted by molar-refractivity contribution is 0.181. The molecule has 0 aliphatic carbocycles. The van der Waals surface area contributed by atoms with Gasteiger partial charge < -0.3 is 4.74 Å². The lowest BCUT2D eigenvalue weighted by Gasteiger charge is -2.20. The molecule has 0 aromatic heterocycles. The van der Waals surface area contributed by atoms with Crippen LogP contribution in [0.3, 0.4) is 0 Å². The highest BCUT2D eigenvalue weighted by Crippen LogP contribution is 2.18. The van der Waals surface area contributed by atoms with Crippen LogP contribution in [0.15, 0.2) is 0 Å². The number of ether oxygens (including phenoxy) is 1. The number of halogens is 1. The molecule has 1 atom stereocenters. The first-order chi connectivity index (χ1) is 7.20. The summed E-state index contributed by atoms with van der Waals surface area (Å²) >= 11 is 5.64. The van der Waals surface area contributed by atoms with Crippen molar-refractivity contribution >= 4 is 21.6 Å². The van der Waals surface area contributed by atoms with Gasteiger partial charge >= 0.3 is 0 Å². The minimum Gasteiger partial charge on any atom is -0.383 e.